The maximum absolute atomic E-state index is 12.3. The number of methoxy groups -OCH3 is 1. The summed E-state index contributed by atoms with van der Waals surface area (Å²) in [6.45, 7) is 5.30. The minimum atomic E-state index is -0.948. The normalized spacial score (nSPS) is 26.7. The molecule has 3 unspecified atom stereocenters. The summed E-state index contributed by atoms with van der Waals surface area (Å²) in [7, 11) is 0.690. The third-order valence-electron chi connectivity index (χ3n) is 3.39. The highest BCUT2D eigenvalue weighted by Crippen LogP contribution is 2.38. The summed E-state index contributed by atoms with van der Waals surface area (Å²) >= 11 is 0. The molecule has 1 aromatic carbocycles. The summed E-state index contributed by atoms with van der Waals surface area (Å²) in [5.74, 6) is 1.84. The van der Waals surface area contributed by atoms with Gasteiger partial charge in [-0.15, -0.1) is 0 Å². The van der Waals surface area contributed by atoms with Crippen LogP contribution in [0.2, 0.25) is 0 Å². The molecule has 0 amide bonds. The highest BCUT2D eigenvalue weighted by Gasteiger charge is 2.32. The molecule has 1 aliphatic rings. The van der Waals surface area contributed by atoms with Crippen LogP contribution in [-0.4, -0.2) is 23.6 Å². The van der Waals surface area contributed by atoms with Crippen LogP contribution in [0.15, 0.2) is 23.1 Å². The first-order chi connectivity index (χ1) is 8.69. The Bertz CT molecular complexity index is 447. The molecule has 0 spiro atoms. The lowest BCUT2D eigenvalue weighted by molar-refractivity contribution is 0.378. The van der Waals surface area contributed by atoms with E-state index in [1.54, 1.807) is 7.11 Å². The average molecular weight is 267 g/mol. The Hall–Kier alpha value is -0.870. The number of rotatable bonds is 4. The van der Waals surface area contributed by atoms with Crippen LogP contribution in [0, 0.1) is 5.92 Å². The quantitative estimate of drug-likeness (QED) is 0.911. The van der Waals surface area contributed by atoms with E-state index >= 15 is 0 Å². The van der Waals surface area contributed by atoms with E-state index < -0.39 is 10.8 Å². The largest absolute Gasteiger partial charge is 0.495 e. The summed E-state index contributed by atoms with van der Waals surface area (Å²) in [5.41, 5.74) is 1.14. The molecule has 3 nitrogen and oxygen atoms in total. The van der Waals surface area contributed by atoms with Gasteiger partial charge in [-0.05, 0) is 30.5 Å². The molecule has 1 N–H and O–H groups in total. The summed E-state index contributed by atoms with van der Waals surface area (Å²) in [6, 6.07) is 6.23. The van der Waals surface area contributed by atoms with E-state index in [-0.39, 0.29) is 6.04 Å². The summed E-state index contributed by atoms with van der Waals surface area (Å²) < 4.78 is 17.6. The molecular weight excluding hydrogens is 246 g/mol. The van der Waals surface area contributed by atoms with Crippen molar-refractivity contribution in [1.82, 2.24) is 5.32 Å². The fraction of sp³-hybridized carbons (Fsp3) is 0.571. The standard InChI is InChI=1S/C14H21NO2S/c1-4-8-15-13-10(2)9-18(16)14-11(13)6-5-7-12(14)17-3/h5-7,10,13,15H,4,8-9H2,1-3H3. The summed E-state index contributed by atoms with van der Waals surface area (Å²) in [4.78, 5) is 0.881. The molecule has 2 rings (SSSR count). The van der Waals surface area contributed by atoms with Gasteiger partial charge in [0.2, 0.25) is 0 Å². The summed E-state index contributed by atoms with van der Waals surface area (Å²) in [5, 5.41) is 3.56. The molecule has 0 saturated heterocycles. The SMILES string of the molecule is CCCNC1c2cccc(OC)c2S(=O)CC1C. The van der Waals surface area contributed by atoms with E-state index in [0.717, 1.165) is 29.2 Å². The molecule has 4 heteroatoms. The predicted molar refractivity (Wildman–Crippen MR) is 74.5 cm³/mol. The number of hydrogen-bond acceptors (Lipinski definition) is 3. The molecule has 1 aliphatic heterocycles. The Labute approximate surface area is 111 Å². The lowest BCUT2D eigenvalue weighted by atomic mass is 9.95. The molecule has 0 saturated carbocycles. The van der Waals surface area contributed by atoms with E-state index in [0.29, 0.717) is 11.7 Å². The van der Waals surface area contributed by atoms with E-state index in [9.17, 15) is 4.21 Å². The van der Waals surface area contributed by atoms with Crippen molar-refractivity contribution in [1.29, 1.82) is 0 Å². The highest BCUT2D eigenvalue weighted by atomic mass is 32.2. The highest BCUT2D eigenvalue weighted by molar-refractivity contribution is 7.85. The average Bonchev–Trinajstić information content (AvgIpc) is 2.37. The van der Waals surface area contributed by atoms with Crippen molar-refractivity contribution in [2.45, 2.75) is 31.2 Å². The van der Waals surface area contributed by atoms with E-state index in [2.05, 4.69) is 25.2 Å². The minimum Gasteiger partial charge on any atom is -0.495 e. The predicted octanol–water partition coefficient (Wildman–Crippen LogP) is 2.49. The van der Waals surface area contributed by atoms with Crippen LogP contribution in [0.1, 0.15) is 31.9 Å². The second kappa shape index (κ2) is 5.85. The van der Waals surface area contributed by atoms with Gasteiger partial charge in [-0.1, -0.05) is 26.0 Å². The van der Waals surface area contributed by atoms with Gasteiger partial charge in [-0.3, -0.25) is 4.21 Å². The molecule has 0 fully saturated rings. The van der Waals surface area contributed by atoms with Crippen molar-refractivity contribution in [3.05, 3.63) is 23.8 Å². The molecule has 0 bridgehead atoms. The van der Waals surface area contributed by atoms with Crippen LogP contribution >= 0.6 is 0 Å². The smallest absolute Gasteiger partial charge is 0.135 e. The van der Waals surface area contributed by atoms with E-state index in [4.69, 9.17) is 4.74 Å². The maximum atomic E-state index is 12.3. The number of benzene rings is 1. The third-order valence-corrected chi connectivity index (χ3v) is 5.11. The Morgan fingerprint density at radius 2 is 2.28 bits per heavy atom. The number of nitrogens with one attached hydrogen (secondary N) is 1. The maximum Gasteiger partial charge on any atom is 0.135 e. The Morgan fingerprint density at radius 1 is 1.50 bits per heavy atom. The van der Waals surface area contributed by atoms with Gasteiger partial charge >= 0.3 is 0 Å². The topological polar surface area (TPSA) is 38.3 Å². The van der Waals surface area contributed by atoms with Gasteiger partial charge in [0.1, 0.15) is 5.75 Å². The van der Waals surface area contributed by atoms with Crippen LogP contribution in [-0.2, 0) is 10.8 Å². The second-order valence-electron chi connectivity index (χ2n) is 4.80. The van der Waals surface area contributed by atoms with Crippen molar-refractivity contribution in [2.75, 3.05) is 19.4 Å². The van der Waals surface area contributed by atoms with Crippen molar-refractivity contribution >= 4 is 10.8 Å². The lowest BCUT2D eigenvalue weighted by Gasteiger charge is -2.32. The van der Waals surface area contributed by atoms with Gasteiger partial charge in [0.15, 0.2) is 0 Å². The van der Waals surface area contributed by atoms with Gasteiger partial charge in [0.25, 0.3) is 0 Å². The molecule has 1 heterocycles. The van der Waals surface area contributed by atoms with Crippen molar-refractivity contribution in [2.24, 2.45) is 5.92 Å². The first-order valence-electron chi connectivity index (χ1n) is 6.47. The van der Waals surface area contributed by atoms with Gasteiger partial charge in [0.05, 0.1) is 22.8 Å². The van der Waals surface area contributed by atoms with Gasteiger partial charge < -0.3 is 10.1 Å². The molecule has 0 aliphatic carbocycles. The molecule has 1 aromatic rings. The first-order valence-corrected chi connectivity index (χ1v) is 7.79. The minimum absolute atomic E-state index is 0.285. The van der Waals surface area contributed by atoms with Crippen molar-refractivity contribution in [3.8, 4) is 5.75 Å². The Morgan fingerprint density at radius 3 is 2.94 bits per heavy atom. The molecule has 100 valence electrons. The number of hydrogen-bond donors (Lipinski definition) is 1. The zero-order valence-electron chi connectivity index (χ0n) is 11.2. The third kappa shape index (κ3) is 2.45. The first kappa shape index (κ1) is 13.6. The zero-order valence-corrected chi connectivity index (χ0v) is 12.0. The van der Waals surface area contributed by atoms with Crippen LogP contribution in [0.4, 0.5) is 0 Å². The van der Waals surface area contributed by atoms with E-state index in [1.807, 2.05) is 12.1 Å². The number of ether oxygens (including phenoxy) is 1. The summed E-state index contributed by atoms with van der Waals surface area (Å²) in [6.07, 6.45) is 1.10. The fourth-order valence-corrected chi connectivity index (χ4v) is 4.19. The molecule has 18 heavy (non-hydrogen) atoms. The molecule has 0 radical (unpaired) electrons. The van der Waals surface area contributed by atoms with Crippen LogP contribution < -0.4 is 10.1 Å². The Kier molecular flexibility index (Phi) is 4.40. The van der Waals surface area contributed by atoms with Crippen molar-refractivity contribution in [3.63, 3.8) is 0 Å². The monoisotopic (exact) mass is 267 g/mol. The van der Waals surface area contributed by atoms with E-state index in [1.165, 1.54) is 0 Å². The Balaban J connectivity index is 2.42. The zero-order chi connectivity index (χ0) is 13.1. The van der Waals surface area contributed by atoms with Gasteiger partial charge in [0, 0.05) is 11.8 Å². The van der Waals surface area contributed by atoms with Gasteiger partial charge in [-0.2, -0.15) is 0 Å². The van der Waals surface area contributed by atoms with Crippen molar-refractivity contribution < 1.29 is 8.95 Å². The molecular formula is C14H21NO2S. The van der Waals surface area contributed by atoms with Crippen LogP contribution in [0.25, 0.3) is 0 Å². The van der Waals surface area contributed by atoms with Crippen LogP contribution in [0.3, 0.4) is 0 Å². The lowest BCUT2D eigenvalue weighted by Crippen LogP contribution is -2.34. The van der Waals surface area contributed by atoms with Gasteiger partial charge in [-0.25, -0.2) is 0 Å². The molecule has 3 atom stereocenters. The molecule has 0 aromatic heterocycles. The second-order valence-corrected chi connectivity index (χ2v) is 6.23. The number of fused-ring (bicyclic) bond motifs is 1. The fourth-order valence-electron chi connectivity index (χ4n) is 2.52. The van der Waals surface area contributed by atoms with Crippen LogP contribution in [0.5, 0.6) is 5.75 Å².